The Balaban J connectivity index is 1.91. The lowest BCUT2D eigenvalue weighted by Crippen LogP contribution is -2.53. The molecule has 1 amide bonds. The van der Waals surface area contributed by atoms with Crippen LogP contribution in [0.4, 0.5) is 0 Å². The van der Waals surface area contributed by atoms with Crippen LogP contribution in [0.3, 0.4) is 0 Å². The average molecular weight is 281 g/mol. The minimum absolute atomic E-state index is 0.188. The second-order valence-electron chi connectivity index (χ2n) is 7.77. The fourth-order valence-electron chi connectivity index (χ4n) is 4.04. The molecule has 2 atom stereocenters. The quantitative estimate of drug-likeness (QED) is 0.828. The number of piperidine rings is 1. The first-order valence-corrected chi connectivity index (χ1v) is 8.01. The highest BCUT2D eigenvalue weighted by Crippen LogP contribution is 2.38. The number of likely N-dealkylation sites (tertiary alicyclic amines) is 1. The van der Waals surface area contributed by atoms with Crippen LogP contribution < -0.4 is 11.1 Å². The number of amides is 1. The molecule has 0 aromatic carbocycles. The summed E-state index contributed by atoms with van der Waals surface area (Å²) in [7, 11) is 1.86. The van der Waals surface area contributed by atoms with Crippen molar-refractivity contribution in [2.24, 2.45) is 17.1 Å². The third kappa shape index (κ3) is 3.01. The lowest BCUT2D eigenvalue weighted by molar-refractivity contribution is -0.124. The predicted molar refractivity (Wildman–Crippen MR) is 82.4 cm³/mol. The van der Waals surface area contributed by atoms with Crippen molar-refractivity contribution in [2.75, 3.05) is 20.1 Å². The van der Waals surface area contributed by atoms with Gasteiger partial charge in [0.15, 0.2) is 0 Å². The lowest BCUT2D eigenvalue weighted by atomic mass is 9.75. The van der Waals surface area contributed by atoms with Gasteiger partial charge in [0.25, 0.3) is 0 Å². The van der Waals surface area contributed by atoms with E-state index in [2.05, 4.69) is 31.0 Å². The van der Waals surface area contributed by atoms with E-state index in [1.807, 2.05) is 7.05 Å². The fraction of sp³-hybridized carbons (Fsp3) is 0.938. The summed E-state index contributed by atoms with van der Waals surface area (Å²) in [5, 5.41) is 3.18. The second-order valence-corrected chi connectivity index (χ2v) is 7.77. The minimum atomic E-state index is -0.467. The van der Waals surface area contributed by atoms with E-state index < -0.39 is 5.54 Å². The largest absolute Gasteiger partial charge is 0.368 e. The normalized spacial score (nSPS) is 33.5. The van der Waals surface area contributed by atoms with Crippen LogP contribution >= 0.6 is 0 Å². The maximum Gasteiger partial charge on any atom is 0.237 e. The molecule has 0 bridgehead atoms. The van der Waals surface area contributed by atoms with Crippen LogP contribution in [0.1, 0.15) is 52.9 Å². The zero-order chi connectivity index (χ0) is 15.0. The van der Waals surface area contributed by atoms with Crippen molar-refractivity contribution in [3.8, 4) is 0 Å². The number of nitrogens with one attached hydrogen (secondary N) is 1. The topological polar surface area (TPSA) is 58.4 Å². The van der Waals surface area contributed by atoms with E-state index in [1.165, 1.54) is 25.9 Å². The molecule has 0 spiro atoms. The molecule has 0 aromatic heterocycles. The molecule has 4 heteroatoms. The Morgan fingerprint density at radius 2 is 1.85 bits per heavy atom. The van der Waals surface area contributed by atoms with E-state index in [0.29, 0.717) is 11.5 Å². The van der Waals surface area contributed by atoms with Crippen LogP contribution in [0.25, 0.3) is 0 Å². The summed E-state index contributed by atoms with van der Waals surface area (Å²) in [6.45, 7) is 9.39. The summed E-state index contributed by atoms with van der Waals surface area (Å²) in [5.41, 5.74) is 5.55. The number of nitrogens with zero attached hydrogens (tertiary/aromatic N) is 1. The summed E-state index contributed by atoms with van der Waals surface area (Å²) < 4.78 is 0. The number of primary amides is 1. The highest BCUT2D eigenvalue weighted by Gasteiger charge is 2.45. The van der Waals surface area contributed by atoms with Crippen molar-refractivity contribution in [3.63, 3.8) is 0 Å². The summed E-state index contributed by atoms with van der Waals surface area (Å²) in [6.07, 6.45) is 5.40. The van der Waals surface area contributed by atoms with Gasteiger partial charge in [-0.2, -0.15) is 0 Å². The van der Waals surface area contributed by atoms with Crippen molar-refractivity contribution in [3.05, 3.63) is 0 Å². The Bertz CT molecular complexity index is 355. The van der Waals surface area contributed by atoms with Gasteiger partial charge in [-0.05, 0) is 63.6 Å². The van der Waals surface area contributed by atoms with Crippen LogP contribution in [0.5, 0.6) is 0 Å². The molecule has 0 aromatic rings. The monoisotopic (exact) mass is 281 g/mol. The molecule has 1 saturated carbocycles. The van der Waals surface area contributed by atoms with Crippen LogP contribution in [0.15, 0.2) is 0 Å². The molecule has 1 saturated heterocycles. The highest BCUT2D eigenvalue weighted by molar-refractivity contribution is 5.85. The minimum Gasteiger partial charge on any atom is -0.368 e. The zero-order valence-electron chi connectivity index (χ0n) is 13.5. The standard InChI is InChI=1S/C16H31N3O/c1-15(2,3)12-6-9-19(10-7-12)13-5-8-16(11-13,18-4)14(17)20/h12-13,18H,5-11H2,1-4H3,(H2,17,20). The molecular formula is C16H31N3O. The molecule has 1 aliphatic carbocycles. The summed E-state index contributed by atoms with van der Waals surface area (Å²) in [4.78, 5) is 14.3. The zero-order valence-corrected chi connectivity index (χ0v) is 13.5. The van der Waals surface area contributed by atoms with Crippen molar-refractivity contribution < 1.29 is 4.79 Å². The number of carbonyl (C=O) groups is 1. The summed E-state index contributed by atoms with van der Waals surface area (Å²) in [5.74, 6) is 0.637. The number of carbonyl (C=O) groups excluding carboxylic acids is 1. The average Bonchev–Trinajstić information content (AvgIpc) is 2.83. The van der Waals surface area contributed by atoms with Crippen molar-refractivity contribution in [1.82, 2.24) is 10.2 Å². The maximum absolute atomic E-state index is 11.7. The van der Waals surface area contributed by atoms with Gasteiger partial charge in [0.05, 0.1) is 5.54 Å². The van der Waals surface area contributed by atoms with E-state index in [9.17, 15) is 4.79 Å². The second kappa shape index (κ2) is 5.64. The van der Waals surface area contributed by atoms with E-state index in [1.54, 1.807) is 0 Å². The van der Waals surface area contributed by atoms with Gasteiger partial charge in [-0.15, -0.1) is 0 Å². The van der Waals surface area contributed by atoms with E-state index in [-0.39, 0.29) is 5.91 Å². The Morgan fingerprint density at radius 3 is 2.25 bits per heavy atom. The van der Waals surface area contributed by atoms with Gasteiger partial charge in [0.1, 0.15) is 0 Å². The van der Waals surface area contributed by atoms with Crippen LogP contribution in [0, 0.1) is 11.3 Å². The van der Waals surface area contributed by atoms with Gasteiger partial charge in [-0.1, -0.05) is 20.8 Å². The Labute approximate surface area is 123 Å². The van der Waals surface area contributed by atoms with Crippen molar-refractivity contribution >= 4 is 5.91 Å². The van der Waals surface area contributed by atoms with Gasteiger partial charge in [-0.25, -0.2) is 0 Å². The number of likely N-dealkylation sites (N-methyl/N-ethyl adjacent to an activating group) is 1. The fourth-order valence-corrected chi connectivity index (χ4v) is 4.04. The van der Waals surface area contributed by atoms with Crippen LogP contribution in [-0.4, -0.2) is 42.5 Å². The molecule has 116 valence electrons. The van der Waals surface area contributed by atoms with Gasteiger partial charge in [0, 0.05) is 6.04 Å². The molecule has 2 aliphatic rings. The molecule has 2 unspecified atom stereocenters. The maximum atomic E-state index is 11.7. The van der Waals surface area contributed by atoms with Crippen molar-refractivity contribution in [2.45, 2.75) is 64.5 Å². The Kier molecular flexibility index (Phi) is 4.45. The molecule has 1 aliphatic heterocycles. The number of rotatable bonds is 3. The third-order valence-electron chi connectivity index (χ3n) is 5.71. The van der Waals surface area contributed by atoms with E-state index >= 15 is 0 Å². The lowest BCUT2D eigenvalue weighted by Gasteiger charge is -2.41. The first kappa shape index (κ1) is 15.8. The third-order valence-corrected chi connectivity index (χ3v) is 5.71. The number of hydrogen-bond donors (Lipinski definition) is 2. The molecule has 0 radical (unpaired) electrons. The Morgan fingerprint density at radius 1 is 1.25 bits per heavy atom. The predicted octanol–water partition coefficient (Wildman–Crippen LogP) is 1.74. The van der Waals surface area contributed by atoms with Crippen molar-refractivity contribution in [1.29, 1.82) is 0 Å². The van der Waals surface area contributed by atoms with E-state index in [4.69, 9.17) is 5.73 Å². The van der Waals surface area contributed by atoms with Gasteiger partial charge < -0.3 is 16.0 Å². The van der Waals surface area contributed by atoms with Crippen LogP contribution in [0.2, 0.25) is 0 Å². The molecule has 2 rings (SSSR count). The van der Waals surface area contributed by atoms with E-state index in [0.717, 1.165) is 25.2 Å². The summed E-state index contributed by atoms with van der Waals surface area (Å²) >= 11 is 0. The smallest absolute Gasteiger partial charge is 0.237 e. The SMILES string of the molecule is CNC1(C(N)=O)CCC(N2CCC(C(C)(C)C)CC2)C1. The highest BCUT2D eigenvalue weighted by atomic mass is 16.1. The molecule has 3 N–H and O–H groups in total. The number of nitrogens with two attached hydrogens (primary N) is 1. The molecule has 1 heterocycles. The van der Waals surface area contributed by atoms with Gasteiger partial charge in [0.2, 0.25) is 5.91 Å². The number of hydrogen-bond acceptors (Lipinski definition) is 3. The molecular weight excluding hydrogens is 250 g/mol. The van der Waals surface area contributed by atoms with Gasteiger partial charge in [-0.3, -0.25) is 4.79 Å². The first-order valence-electron chi connectivity index (χ1n) is 8.01. The molecule has 4 nitrogen and oxygen atoms in total. The summed E-state index contributed by atoms with van der Waals surface area (Å²) in [6, 6.07) is 0.524. The first-order chi connectivity index (χ1) is 9.28. The molecule has 2 fully saturated rings. The Hall–Kier alpha value is -0.610. The van der Waals surface area contributed by atoms with Gasteiger partial charge >= 0.3 is 0 Å². The molecule has 20 heavy (non-hydrogen) atoms. The van der Waals surface area contributed by atoms with Crippen LogP contribution in [-0.2, 0) is 4.79 Å².